The highest BCUT2D eigenvalue weighted by Gasteiger charge is 2.22. The molecular formula is C19H26N2. The molecule has 1 unspecified atom stereocenters. The van der Waals surface area contributed by atoms with Crippen LogP contribution in [0.15, 0.2) is 54.9 Å². The third kappa shape index (κ3) is 4.98. The van der Waals surface area contributed by atoms with Gasteiger partial charge in [-0.25, -0.2) is 0 Å². The Morgan fingerprint density at radius 3 is 2.24 bits per heavy atom. The van der Waals surface area contributed by atoms with Gasteiger partial charge in [0.25, 0.3) is 0 Å². The molecule has 0 amide bonds. The summed E-state index contributed by atoms with van der Waals surface area (Å²) < 4.78 is 0. The first-order valence-electron chi connectivity index (χ1n) is 7.66. The maximum atomic E-state index is 4.22. The maximum Gasteiger partial charge on any atom is 0.0330 e. The van der Waals surface area contributed by atoms with Gasteiger partial charge in [-0.3, -0.25) is 4.98 Å². The molecule has 2 rings (SSSR count). The van der Waals surface area contributed by atoms with E-state index in [1.54, 1.807) is 0 Å². The van der Waals surface area contributed by atoms with Gasteiger partial charge in [0.1, 0.15) is 0 Å². The van der Waals surface area contributed by atoms with E-state index in [0.29, 0.717) is 6.04 Å². The van der Waals surface area contributed by atoms with Crippen LogP contribution in [0.1, 0.15) is 57.3 Å². The number of pyridine rings is 1. The topological polar surface area (TPSA) is 24.9 Å². The van der Waals surface area contributed by atoms with Crippen molar-refractivity contribution in [2.24, 2.45) is 5.41 Å². The van der Waals surface area contributed by atoms with Crippen molar-refractivity contribution in [3.8, 4) is 0 Å². The minimum absolute atomic E-state index is 0.280. The number of hydrogen-bond acceptors (Lipinski definition) is 2. The zero-order valence-corrected chi connectivity index (χ0v) is 13.5. The summed E-state index contributed by atoms with van der Waals surface area (Å²) in [7, 11) is 0. The fraction of sp³-hybridized carbons (Fsp3) is 0.421. The SMILES string of the molecule is C[C@@H](NC(CC(C)(C)C)c1ccccc1)c1cccnc1. The highest BCUT2D eigenvalue weighted by Crippen LogP contribution is 2.31. The van der Waals surface area contributed by atoms with E-state index in [4.69, 9.17) is 0 Å². The third-order valence-corrected chi connectivity index (χ3v) is 3.65. The van der Waals surface area contributed by atoms with Gasteiger partial charge >= 0.3 is 0 Å². The van der Waals surface area contributed by atoms with Gasteiger partial charge < -0.3 is 5.32 Å². The molecule has 0 aliphatic rings. The van der Waals surface area contributed by atoms with Crippen LogP contribution in [0.25, 0.3) is 0 Å². The summed E-state index contributed by atoms with van der Waals surface area (Å²) in [5, 5.41) is 3.77. The van der Waals surface area contributed by atoms with Crippen molar-refractivity contribution in [3.05, 3.63) is 66.0 Å². The van der Waals surface area contributed by atoms with Gasteiger partial charge in [-0.05, 0) is 36.0 Å². The summed E-state index contributed by atoms with van der Waals surface area (Å²) in [5.74, 6) is 0. The predicted octanol–water partition coefficient (Wildman–Crippen LogP) is 4.91. The molecule has 2 heteroatoms. The van der Waals surface area contributed by atoms with E-state index in [0.717, 1.165) is 6.42 Å². The molecule has 1 heterocycles. The lowest BCUT2D eigenvalue weighted by Crippen LogP contribution is -2.28. The van der Waals surface area contributed by atoms with Gasteiger partial charge in [0.2, 0.25) is 0 Å². The predicted molar refractivity (Wildman–Crippen MR) is 89.0 cm³/mol. The highest BCUT2D eigenvalue weighted by atomic mass is 14.9. The Bertz CT molecular complexity index is 528. The zero-order chi connectivity index (χ0) is 15.3. The number of hydrogen-bond donors (Lipinski definition) is 1. The van der Waals surface area contributed by atoms with E-state index in [9.17, 15) is 0 Å². The maximum absolute atomic E-state index is 4.22. The van der Waals surface area contributed by atoms with E-state index in [1.165, 1.54) is 11.1 Å². The molecule has 0 fully saturated rings. The summed E-state index contributed by atoms with van der Waals surface area (Å²) in [6, 6.07) is 15.5. The molecular weight excluding hydrogens is 256 g/mol. The summed E-state index contributed by atoms with van der Waals surface area (Å²) in [6.45, 7) is 9.08. The highest BCUT2D eigenvalue weighted by molar-refractivity contribution is 5.21. The second-order valence-electron chi connectivity index (χ2n) is 6.90. The molecule has 21 heavy (non-hydrogen) atoms. The fourth-order valence-corrected chi connectivity index (χ4v) is 2.60. The Morgan fingerprint density at radius 1 is 1.00 bits per heavy atom. The molecule has 1 aromatic carbocycles. The van der Waals surface area contributed by atoms with Crippen LogP contribution in [-0.2, 0) is 0 Å². The van der Waals surface area contributed by atoms with E-state index >= 15 is 0 Å². The van der Waals surface area contributed by atoms with Crippen molar-refractivity contribution in [1.29, 1.82) is 0 Å². The molecule has 0 saturated carbocycles. The minimum atomic E-state index is 0.280. The van der Waals surface area contributed by atoms with E-state index < -0.39 is 0 Å². The smallest absolute Gasteiger partial charge is 0.0330 e. The molecule has 112 valence electrons. The Kier molecular flexibility index (Phi) is 5.13. The van der Waals surface area contributed by atoms with Crippen molar-refractivity contribution in [1.82, 2.24) is 10.3 Å². The Hall–Kier alpha value is -1.67. The van der Waals surface area contributed by atoms with Crippen LogP contribution in [-0.4, -0.2) is 4.98 Å². The van der Waals surface area contributed by atoms with Gasteiger partial charge in [-0.2, -0.15) is 0 Å². The van der Waals surface area contributed by atoms with E-state index in [1.807, 2.05) is 18.5 Å². The second kappa shape index (κ2) is 6.86. The fourth-order valence-electron chi connectivity index (χ4n) is 2.60. The molecule has 0 radical (unpaired) electrons. The zero-order valence-electron chi connectivity index (χ0n) is 13.5. The first-order chi connectivity index (χ1) is 9.96. The van der Waals surface area contributed by atoms with Gasteiger partial charge in [0.15, 0.2) is 0 Å². The molecule has 0 aliphatic carbocycles. The van der Waals surface area contributed by atoms with Crippen LogP contribution >= 0.6 is 0 Å². The van der Waals surface area contributed by atoms with Crippen LogP contribution in [0.3, 0.4) is 0 Å². The summed E-state index contributed by atoms with van der Waals surface area (Å²) in [6.07, 6.45) is 4.86. The molecule has 1 aromatic heterocycles. The Morgan fingerprint density at radius 2 is 1.67 bits per heavy atom. The Labute approximate surface area is 128 Å². The average Bonchev–Trinajstić information content (AvgIpc) is 2.47. The van der Waals surface area contributed by atoms with Crippen LogP contribution in [0.2, 0.25) is 0 Å². The van der Waals surface area contributed by atoms with Crippen LogP contribution in [0, 0.1) is 5.41 Å². The van der Waals surface area contributed by atoms with Crippen molar-refractivity contribution < 1.29 is 0 Å². The lowest BCUT2D eigenvalue weighted by molar-refractivity contribution is 0.297. The van der Waals surface area contributed by atoms with Crippen LogP contribution < -0.4 is 5.32 Å². The average molecular weight is 282 g/mol. The molecule has 0 bridgehead atoms. The molecule has 0 aliphatic heterocycles. The molecule has 2 nitrogen and oxygen atoms in total. The number of rotatable bonds is 5. The van der Waals surface area contributed by atoms with Gasteiger partial charge in [-0.15, -0.1) is 0 Å². The largest absolute Gasteiger partial charge is 0.303 e. The molecule has 0 spiro atoms. The number of aromatic nitrogens is 1. The normalized spacial score (nSPS) is 14.7. The molecule has 2 aromatic rings. The molecule has 1 N–H and O–H groups in total. The molecule has 2 atom stereocenters. The van der Waals surface area contributed by atoms with Crippen LogP contribution in [0.4, 0.5) is 0 Å². The third-order valence-electron chi connectivity index (χ3n) is 3.65. The van der Waals surface area contributed by atoms with Crippen LogP contribution in [0.5, 0.6) is 0 Å². The van der Waals surface area contributed by atoms with Crippen molar-refractivity contribution >= 4 is 0 Å². The quantitative estimate of drug-likeness (QED) is 0.843. The first kappa shape index (κ1) is 15.7. The number of nitrogens with zero attached hydrogens (tertiary/aromatic N) is 1. The van der Waals surface area contributed by atoms with Gasteiger partial charge in [0.05, 0.1) is 0 Å². The standard InChI is InChI=1S/C19H26N2/c1-15(17-11-8-12-20-14-17)21-18(13-19(2,3)4)16-9-6-5-7-10-16/h5-12,14-15,18,21H,13H2,1-4H3/t15-,18?/m1/s1. The first-order valence-corrected chi connectivity index (χ1v) is 7.66. The van der Waals surface area contributed by atoms with Gasteiger partial charge in [0, 0.05) is 24.5 Å². The molecule has 0 saturated heterocycles. The van der Waals surface area contributed by atoms with Gasteiger partial charge in [-0.1, -0.05) is 57.2 Å². The minimum Gasteiger partial charge on any atom is -0.303 e. The number of nitrogens with one attached hydrogen (secondary N) is 1. The van der Waals surface area contributed by atoms with E-state index in [2.05, 4.69) is 74.4 Å². The van der Waals surface area contributed by atoms with Crippen molar-refractivity contribution in [3.63, 3.8) is 0 Å². The monoisotopic (exact) mass is 282 g/mol. The Balaban J connectivity index is 2.16. The summed E-state index contributed by atoms with van der Waals surface area (Å²) in [5.41, 5.74) is 2.86. The van der Waals surface area contributed by atoms with Crippen molar-refractivity contribution in [2.75, 3.05) is 0 Å². The van der Waals surface area contributed by atoms with E-state index in [-0.39, 0.29) is 11.5 Å². The summed E-state index contributed by atoms with van der Waals surface area (Å²) in [4.78, 5) is 4.22. The lowest BCUT2D eigenvalue weighted by Gasteiger charge is -2.30. The second-order valence-corrected chi connectivity index (χ2v) is 6.90. The summed E-state index contributed by atoms with van der Waals surface area (Å²) >= 11 is 0. The van der Waals surface area contributed by atoms with Crippen molar-refractivity contribution in [2.45, 2.75) is 46.2 Å². The lowest BCUT2D eigenvalue weighted by atomic mass is 9.85. The number of benzene rings is 1.